The lowest BCUT2D eigenvalue weighted by atomic mass is 10.0. The molecular formula is C16H29N7O6. The number of rotatable bonds is 6. The second-order valence-electron chi connectivity index (χ2n) is 6.71. The Kier molecular flexibility index (Phi) is 10.1. The van der Waals surface area contributed by atoms with E-state index < -0.39 is 48.5 Å². The summed E-state index contributed by atoms with van der Waals surface area (Å²) in [6, 6.07) is -4.67. The van der Waals surface area contributed by atoms with Crippen molar-refractivity contribution in [1.82, 2.24) is 30.7 Å². The van der Waals surface area contributed by atoms with E-state index in [1.54, 1.807) is 0 Å². The molecule has 164 valence electrons. The van der Waals surface area contributed by atoms with Crippen molar-refractivity contribution < 1.29 is 28.8 Å². The molecule has 0 fully saturated rings. The zero-order valence-electron chi connectivity index (χ0n) is 17.4. The maximum Gasteiger partial charge on any atom is 0.331 e. The largest absolute Gasteiger partial charge is 0.351 e. The van der Waals surface area contributed by atoms with Gasteiger partial charge in [0.25, 0.3) is 5.91 Å². The SMILES string of the molecule is CNC(=O)NC(=O)N(C)CC(=O)N(C)[C@@H](CC(C)C)C(=O)NC(=O)N(C)C(N)=O. The van der Waals surface area contributed by atoms with Crippen LogP contribution in [0.25, 0.3) is 0 Å². The highest BCUT2D eigenvalue weighted by Gasteiger charge is 2.31. The van der Waals surface area contributed by atoms with E-state index in [4.69, 9.17) is 5.73 Å². The van der Waals surface area contributed by atoms with Crippen molar-refractivity contribution in [3.8, 4) is 0 Å². The minimum Gasteiger partial charge on any atom is -0.351 e. The molecule has 13 heteroatoms. The summed E-state index contributed by atoms with van der Waals surface area (Å²) in [5.41, 5.74) is 4.98. The standard InChI is InChI=1S/C16H29N7O6/c1-9(2)7-10(12(25)19-16(29)23(6)13(17)26)22(5)11(24)8-21(4)15(28)20-14(27)18-3/h9-10H,7-8H2,1-6H3,(H2,17,26)(H,19,25,29)(H2,18,20,27,28)/t10-/m0/s1. The number of nitrogens with zero attached hydrogens (tertiary/aromatic N) is 3. The molecule has 0 heterocycles. The Balaban J connectivity index is 5.20. The van der Waals surface area contributed by atoms with E-state index in [0.29, 0.717) is 4.90 Å². The van der Waals surface area contributed by atoms with E-state index in [-0.39, 0.29) is 12.3 Å². The fourth-order valence-electron chi connectivity index (χ4n) is 2.08. The third-order valence-corrected chi connectivity index (χ3v) is 3.89. The number of imide groups is 3. The Morgan fingerprint density at radius 3 is 1.93 bits per heavy atom. The molecule has 10 amide bonds. The summed E-state index contributed by atoms with van der Waals surface area (Å²) in [4.78, 5) is 73.5. The molecule has 0 radical (unpaired) electrons. The summed E-state index contributed by atoms with van der Waals surface area (Å²) in [5.74, 6) is -1.42. The Morgan fingerprint density at radius 1 is 0.931 bits per heavy atom. The van der Waals surface area contributed by atoms with Gasteiger partial charge in [0.2, 0.25) is 5.91 Å². The molecule has 0 unspecified atom stereocenters. The summed E-state index contributed by atoms with van der Waals surface area (Å²) in [7, 11) is 5.07. The fourth-order valence-corrected chi connectivity index (χ4v) is 2.08. The van der Waals surface area contributed by atoms with Crippen molar-refractivity contribution in [2.45, 2.75) is 26.3 Å². The van der Waals surface area contributed by atoms with E-state index in [1.807, 2.05) is 24.5 Å². The average molecular weight is 415 g/mol. The van der Waals surface area contributed by atoms with Crippen molar-refractivity contribution in [2.75, 3.05) is 34.7 Å². The molecule has 0 aliphatic heterocycles. The Labute approximate surface area is 168 Å². The Morgan fingerprint density at radius 2 is 1.48 bits per heavy atom. The molecule has 0 aliphatic carbocycles. The fraction of sp³-hybridized carbons (Fsp3) is 0.625. The molecule has 0 aromatic heterocycles. The molecule has 0 aromatic rings. The van der Waals surface area contributed by atoms with Gasteiger partial charge in [-0.3, -0.25) is 20.2 Å². The first-order valence-electron chi connectivity index (χ1n) is 8.69. The van der Waals surface area contributed by atoms with Gasteiger partial charge in [0.1, 0.15) is 12.6 Å². The van der Waals surface area contributed by atoms with Crippen LogP contribution in [-0.2, 0) is 9.59 Å². The third kappa shape index (κ3) is 8.45. The van der Waals surface area contributed by atoms with Crippen molar-refractivity contribution in [2.24, 2.45) is 11.7 Å². The number of carbonyl (C=O) groups is 6. The smallest absolute Gasteiger partial charge is 0.331 e. The van der Waals surface area contributed by atoms with Gasteiger partial charge in [0.05, 0.1) is 0 Å². The number of primary amides is 1. The van der Waals surface area contributed by atoms with Crippen LogP contribution < -0.4 is 21.7 Å². The molecule has 5 N–H and O–H groups in total. The van der Waals surface area contributed by atoms with Gasteiger partial charge >= 0.3 is 24.1 Å². The van der Waals surface area contributed by atoms with E-state index in [1.165, 1.54) is 21.1 Å². The van der Waals surface area contributed by atoms with E-state index >= 15 is 0 Å². The second kappa shape index (κ2) is 11.5. The predicted molar refractivity (Wildman–Crippen MR) is 103 cm³/mol. The van der Waals surface area contributed by atoms with E-state index in [2.05, 4.69) is 5.32 Å². The minimum atomic E-state index is -1.05. The molecule has 13 nitrogen and oxygen atoms in total. The van der Waals surface area contributed by atoms with Gasteiger partial charge in [-0.2, -0.15) is 0 Å². The first-order valence-corrected chi connectivity index (χ1v) is 8.69. The monoisotopic (exact) mass is 415 g/mol. The van der Waals surface area contributed by atoms with Crippen LogP contribution in [0.5, 0.6) is 0 Å². The molecule has 0 rings (SSSR count). The highest BCUT2D eigenvalue weighted by Crippen LogP contribution is 2.12. The average Bonchev–Trinajstić information content (AvgIpc) is 2.63. The van der Waals surface area contributed by atoms with Gasteiger partial charge in [-0.15, -0.1) is 0 Å². The molecule has 29 heavy (non-hydrogen) atoms. The van der Waals surface area contributed by atoms with Crippen molar-refractivity contribution in [3.63, 3.8) is 0 Å². The number of urea groups is 4. The van der Waals surface area contributed by atoms with Gasteiger partial charge in [-0.25, -0.2) is 24.1 Å². The van der Waals surface area contributed by atoms with Crippen LogP contribution in [0.3, 0.4) is 0 Å². The molecule has 1 atom stereocenters. The van der Waals surface area contributed by atoms with Crippen LogP contribution in [0.15, 0.2) is 0 Å². The zero-order chi connectivity index (χ0) is 22.9. The predicted octanol–water partition coefficient (Wildman–Crippen LogP) is -0.913. The molecule has 0 spiro atoms. The third-order valence-electron chi connectivity index (χ3n) is 3.89. The van der Waals surface area contributed by atoms with Crippen molar-refractivity contribution >= 4 is 35.9 Å². The molecular weight excluding hydrogens is 386 g/mol. The van der Waals surface area contributed by atoms with Crippen LogP contribution in [-0.4, -0.2) is 91.4 Å². The number of carbonyl (C=O) groups excluding carboxylic acids is 6. The number of hydrogen-bond donors (Lipinski definition) is 4. The van der Waals surface area contributed by atoms with Crippen LogP contribution in [0.1, 0.15) is 20.3 Å². The summed E-state index contributed by atoms with van der Waals surface area (Å²) >= 11 is 0. The summed E-state index contributed by atoms with van der Waals surface area (Å²) in [6.07, 6.45) is 0.218. The maximum absolute atomic E-state index is 12.5. The highest BCUT2D eigenvalue weighted by atomic mass is 16.2. The van der Waals surface area contributed by atoms with Crippen molar-refractivity contribution in [3.05, 3.63) is 0 Å². The van der Waals surface area contributed by atoms with Crippen LogP contribution in [0, 0.1) is 5.92 Å². The minimum absolute atomic E-state index is 0.0146. The first kappa shape index (κ1) is 25.6. The summed E-state index contributed by atoms with van der Waals surface area (Å²) < 4.78 is 0. The van der Waals surface area contributed by atoms with Gasteiger partial charge in [-0.05, 0) is 12.3 Å². The Bertz CT molecular complexity index is 666. The maximum atomic E-state index is 12.5. The molecule has 0 saturated carbocycles. The van der Waals surface area contributed by atoms with Gasteiger partial charge < -0.3 is 20.9 Å². The van der Waals surface area contributed by atoms with Gasteiger partial charge in [0, 0.05) is 28.2 Å². The summed E-state index contributed by atoms with van der Waals surface area (Å²) in [6.45, 7) is 3.22. The number of nitrogens with one attached hydrogen (secondary N) is 3. The van der Waals surface area contributed by atoms with Gasteiger partial charge in [0.15, 0.2) is 0 Å². The molecule has 0 aliphatic rings. The quantitative estimate of drug-likeness (QED) is 0.437. The normalized spacial score (nSPS) is 11.1. The van der Waals surface area contributed by atoms with Gasteiger partial charge in [-0.1, -0.05) is 13.8 Å². The van der Waals surface area contributed by atoms with E-state index in [9.17, 15) is 28.8 Å². The topological polar surface area (TPSA) is 174 Å². The zero-order valence-corrected chi connectivity index (χ0v) is 17.4. The number of likely N-dealkylation sites (N-methyl/N-ethyl adjacent to an activating group) is 2. The lowest BCUT2D eigenvalue weighted by Gasteiger charge is -2.30. The lowest BCUT2D eigenvalue weighted by molar-refractivity contribution is -0.139. The Hall–Kier alpha value is -3.38. The van der Waals surface area contributed by atoms with Crippen molar-refractivity contribution in [1.29, 1.82) is 0 Å². The molecule has 0 bridgehead atoms. The summed E-state index contributed by atoms with van der Waals surface area (Å²) in [5, 5.41) is 6.22. The molecule has 0 aromatic carbocycles. The van der Waals surface area contributed by atoms with Crippen LogP contribution >= 0.6 is 0 Å². The number of nitrogens with two attached hydrogens (primary N) is 1. The lowest BCUT2D eigenvalue weighted by Crippen LogP contribution is -2.55. The molecule has 0 saturated heterocycles. The van der Waals surface area contributed by atoms with Crippen LogP contribution in [0.2, 0.25) is 0 Å². The number of hydrogen-bond acceptors (Lipinski definition) is 6. The van der Waals surface area contributed by atoms with E-state index in [0.717, 1.165) is 16.8 Å². The second-order valence-corrected chi connectivity index (χ2v) is 6.71. The number of amides is 10. The highest BCUT2D eigenvalue weighted by molar-refractivity contribution is 6.03. The first-order chi connectivity index (χ1) is 13.3. The van der Waals surface area contributed by atoms with Crippen LogP contribution in [0.4, 0.5) is 19.2 Å².